The number of hydrogen-bond donors (Lipinski definition) is 1. The van der Waals surface area contributed by atoms with Gasteiger partial charge in [-0.2, -0.15) is 0 Å². The van der Waals surface area contributed by atoms with Crippen LogP contribution < -0.4 is 10.5 Å². The summed E-state index contributed by atoms with van der Waals surface area (Å²) in [7, 11) is 1.73. The van der Waals surface area contributed by atoms with E-state index in [0.29, 0.717) is 6.04 Å². The van der Waals surface area contributed by atoms with Gasteiger partial charge in [0, 0.05) is 38.4 Å². The summed E-state index contributed by atoms with van der Waals surface area (Å²) in [5, 5.41) is 0. The predicted octanol–water partition coefficient (Wildman–Crippen LogP) is 6.12. The van der Waals surface area contributed by atoms with Crippen molar-refractivity contribution in [2.45, 2.75) is 76.3 Å². The van der Waals surface area contributed by atoms with Crippen molar-refractivity contribution < 1.29 is 9.53 Å². The molecule has 0 radical (unpaired) electrons. The van der Waals surface area contributed by atoms with E-state index in [9.17, 15) is 4.79 Å². The third kappa shape index (κ3) is 8.17. The molecule has 2 fully saturated rings. The molecule has 3 heterocycles. The number of nitrogens with zero attached hydrogens (tertiary/aromatic N) is 4. The van der Waals surface area contributed by atoms with Gasteiger partial charge in [0.05, 0.1) is 12.8 Å². The molecule has 2 N–H and O–H groups in total. The van der Waals surface area contributed by atoms with Gasteiger partial charge in [-0.1, -0.05) is 86.8 Å². The number of aromatic nitrogens is 1. The Bertz CT molecular complexity index is 1290. The molecule has 7 nitrogen and oxygen atoms in total. The van der Waals surface area contributed by atoms with Crippen molar-refractivity contribution in [2.75, 3.05) is 52.9 Å². The zero-order valence-corrected chi connectivity index (χ0v) is 28.2. The monoisotopic (exact) mass is 625 g/mol. The van der Waals surface area contributed by atoms with E-state index in [1.807, 2.05) is 54.7 Å². The highest BCUT2D eigenvalue weighted by molar-refractivity contribution is 5.91. The molecular formula is C39H55N5O2. The Morgan fingerprint density at radius 2 is 1.50 bits per heavy atom. The molecule has 248 valence electrons. The minimum absolute atomic E-state index is 0.166. The van der Waals surface area contributed by atoms with Gasteiger partial charge in [0.2, 0.25) is 5.91 Å². The van der Waals surface area contributed by atoms with Crippen molar-refractivity contribution in [3.63, 3.8) is 0 Å². The fourth-order valence-electron chi connectivity index (χ4n) is 8.08. The van der Waals surface area contributed by atoms with E-state index in [2.05, 4.69) is 50.9 Å². The molecule has 2 saturated heterocycles. The molecule has 2 aromatic carbocycles. The smallest absolute Gasteiger partial charge is 0.232 e. The number of piperidine rings is 1. The summed E-state index contributed by atoms with van der Waals surface area (Å²) in [6.45, 7) is 10.8. The SMILES string of the molecule is CCN(CCCCCCCN1CC[C@@H](C(C(N)=O)(c2ccccc2)c2ccccc2)C1)C1CCN(Cc2ncccc2OC)CC1. The van der Waals surface area contributed by atoms with Crippen LogP contribution in [0, 0.1) is 5.92 Å². The lowest BCUT2D eigenvalue weighted by atomic mass is 9.64. The third-order valence-corrected chi connectivity index (χ3v) is 10.6. The van der Waals surface area contributed by atoms with E-state index in [1.54, 1.807) is 7.11 Å². The van der Waals surface area contributed by atoms with Crippen LogP contribution in [-0.4, -0.2) is 84.6 Å². The zero-order valence-electron chi connectivity index (χ0n) is 28.2. The number of hydrogen-bond acceptors (Lipinski definition) is 6. The first-order valence-corrected chi connectivity index (χ1v) is 17.6. The first-order valence-electron chi connectivity index (χ1n) is 17.6. The first kappa shape index (κ1) is 34.1. The largest absolute Gasteiger partial charge is 0.495 e. The van der Waals surface area contributed by atoms with Crippen molar-refractivity contribution in [3.8, 4) is 5.75 Å². The molecule has 0 unspecified atom stereocenters. The van der Waals surface area contributed by atoms with Crippen molar-refractivity contribution in [3.05, 3.63) is 95.8 Å². The minimum atomic E-state index is -0.800. The van der Waals surface area contributed by atoms with Crippen LogP contribution in [0.2, 0.25) is 0 Å². The number of methoxy groups -OCH3 is 1. The molecule has 46 heavy (non-hydrogen) atoms. The molecule has 5 rings (SSSR count). The van der Waals surface area contributed by atoms with Crippen LogP contribution in [0.4, 0.5) is 0 Å². The van der Waals surface area contributed by atoms with Gasteiger partial charge in [-0.25, -0.2) is 0 Å². The maximum Gasteiger partial charge on any atom is 0.232 e. The molecule has 1 atom stereocenters. The zero-order chi connectivity index (χ0) is 32.2. The van der Waals surface area contributed by atoms with Crippen LogP contribution in [0.5, 0.6) is 5.75 Å². The molecule has 0 spiro atoms. The van der Waals surface area contributed by atoms with E-state index in [4.69, 9.17) is 10.5 Å². The van der Waals surface area contributed by atoms with Crippen LogP contribution in [0.25, 0.3) is 0 Å². The Morgan fingerprint density at radius 3 is 2.13 bits per heavy atom. The second kappa shape index (κ2) is 17.1. The number of unbranched alkanes of at least 4 members (excludes halogenated alkanes) is 4. The maximum absolute atomic E-state index is 13.3. The van der Waals surface area contributed by atoms with Crippen molar-refractivity contribution in [2.24, 2.45) is 11.7 Å². The number of benzene rings is 2. The molecule has 1 aromatic heterocycles. The Hall–Kier alpha value is -3.26. The second-order valence-electron chi connectivity index (χ2n) is 13.2. The summed E-state index contributed by atoms with van der Waals surface area (Å²) in [5.74, 6) is 0.814. The number of ether oxygens (including phenoxy) is 1. The van der Waals surface area contributed by atoms with Crippen molar-refractivity contribution in [1.29, 1.82) is 0 Å². The Morgan fingerprint density at radius 1 is 0.870 bits per heavy atom. The standard InChI is InChI=1S/C39H55N5O2/c1-3-44(35-22-28-43(29-23-35)31-36-37(46-2)20-15-24-41-36)26-14-6-4-5-13-25-42-27-21-34(30-42)39(38(40)45,32-16-9-7-10-17-32)33-18-11-8-12-19-33/h7-12,15-20,24,34-35H,3-6,13-14,21-23,25-31H2,1-2H3,(H2,40,45)/t34-/m1/s1. The second-order valence-corrected chi connectivity index (χ2v) is 13.2. The lowest BCUT2D eigenvalue weighted by Crippen LogP contribution is -2.49. The average Bonchev–Trinajstić information content (AvgIpc) is 3.57. The molecular weight excluding hydrogens is 570 g/mol. The average molecular weight is 626 g/mol. The molecule has 3 aromatic rings. The normalized spacial score (nSPS) is 18.3. The highest BCUT2D eigenvalue weighted by Crippen LogP contribution is 2.43. The number of carbonyl (C=O) groups is 1. The first-order chi connectivity index (χ1) is 22.6. The maximum atomic E-state index is 13.3. The van der Waals surface area contributed by atoms with Crippen LogP contribution in [0.1, 0.15) is 75.1 Å². The summed E-state index contributed by atoms with van der Waals surface area (Å²) in [6.07, 6.45) is 11.6. The highest BCUT2D eigenvalue weighted by Gasteiger charge is 2.49. The van der Waals surface area contributed by atoms with E-state index >= 15 is 0 Å². The number of carbonyl (C=O) groups excluding carboxylic acids is 1. The van der Waals surface area contributed by atoms with Crippen LogP contribution in [0.15, 0.2) is 79.0 Å². The van der Waals surface area contributed by atoms with Crippen molar-refractivity contribution >= 4 is 5.91 Å². The van der Waals surface area contributed by atoms with Gasteiger partial charge in [-0.3, -0.25) is 14.7 Å². The summed E-state index contributed by atoms with van der Waals surface area (Å²) < 4.78 is 5.51. The van der Waals surface area contributed by atoms with Crippen molar-refractivity contribution in [1.82, 2.24) is 19.7 Å². The predicted molar refractivity (Wildman–Crippen MR) is 187 cm³/mol. The summed E-state index contributed by atoms with van der Waals surface area (Å²) in [6, 6.07) is 25.0. The van der Waals surface area contributed by atoms with Gasteiger partial charge in [0.25, 0.3) is 0 Å². The number of likely N-dealkylation sites (tertiary alicyclic amines) is 2. The Labute approximate surface area is 277 Å². The van der Waals surface area contributed by atoms with E-state index in [-0.39, 0.29) is 11.8 Å². The fourth-order valence-corrected chi connectivity index (χ4v) is 8.08. The number of rotatable bonds is 17. The van der Waals surface area contributed by atoms with Gasteiger partial charge in [0.15, 0.2) is 0 Å². The van der Waals surface area contributed by atoms with Gasteiger partial charge in [-0.15, -0.1) is 0 Å². The van der Waals surface area contributed by atoms with Gasteiger partial charge < -0.3 is 20.3 Å². The number of pyridine rings is 1. The number of primary amides is 1. The minimum Gasteiger partial charge on any atom is -0.495 e. The molecule has 0 bridgehead atoms. The molecule has 0 aliphatic carbocycles. The topological polar surface area (TPSA) is 74.9 Å². The lowest BCUT2D eigenvalue weighted by Gasteiger charge is -2.38. The van der Waals surface area contributed by atoms with Crippen LogP contribution in [-0.2, 0) is 16.8 Å². The number of nitrogens with two attached hydrogens (primary N) is 1. The lowest BCUT2D eigenvalue weighted by molar-refractivity contribution is -0.123. The molecule has 7 heteroatoms. The van der Waals surface area contributed by atoms with Crippen LogP contribution in [0.3, 0.4) is 0 Å². The van der Waals surface area contributed by atoms with Gasteiger partial charge in [-0.05, 0) is 87.5 Å². The van der Waals surface area contributed by atoms with E-state index in [0.717, 1.165) is 74.8 Å². The third-order valence-electron chi connectivity index (χ3n) is 10.6. The van der Waals surface area contributed by atoms with E-state index in [1.165, 1.54) is 51.5 Å². The molecule has 2 aliphatic heterocycles. The summed E-state index contributed by atoms with van der Waals surface area (Å²) in [5.41, 5.74) is 8.55. The van der Waals surface area contributed by atoms with Gasteiger partial charge >= 0.3 is 0 Å². The molecule has 1 amide bonds. The number of amides is 1. The molecule has 2 aliphatic rings. The quantitative estimate of drug-likeness (QED) is 0.182. The highest BCUT2D eigenvalue weighted by atomic mass is 16.5. The summed E-state index contributed by atoms with van der Waals surface area (Å²) >= 11 is 0. The Kier molecular flexibility index (Phi) is 12.6. The summed E-state index contributed by atoms with van der Waals surface area (Å²) in [4.78, 5) is 25.7. The van der Waals surface area contributed by atoms with E-state index < -0.39 is 5.41 Å². The fraction of sp³-hybridized carbons (Fsp3) is 0.538. The van der Waals surface area contributed by atoms with Crippen LogP contribution >= 0.6 is 0 Å². The molecule has 0 saturated carbocycles. The Balaban J connectivity index is 1.01. The van der Waals surface area contributed by atoms with Gasteiger partial charge in [0.1, 0.15) is 11.2 Å².